The molecule has 0 aromatic heterocycles. The van der Waals surface area contributed by atoms with E-state index in [2.05, 4.69) is 0 Å². The standard InChI is InChI=1S/C15H18O3/c1-8-10-9(7-13(2,3)12(10)17)11(16)14(4,18)15(8)5-6-15/h7,18H,5-6H2,1-4H3/t14-/m0/s1. The Morgan fingerprint density at radius 2 is 1.67 bits per heavy atom. The predicted octanol–water partition coefficient (Wildman–Crippen LogP) is 1.95. The zero-order valence-corrected chi connectivity index (χ0v) is 11.3. The average molecular weight is 246 g/mol. The van der Waals surface area contributed by atoms with Gasteiger partial charge in [0.1, 0.15) is 5.60 Å². The van der Waals surface area contributed by atoms with Gasteiger partial charge in [0.2, 0.25) is 0 Å². The third kappa shape index (κ3) is 1.05. The van der Waals surface area contributed by atoms with Crippen LogP contribution >= 0.6 is 0 Å². The lowest BCUT2D eigenvalue weighted by molar-refractivity contribution is -0.138. The van der Waals surface area contributed by atoms with Crippen molar-refractivity contribution >= 4 is 11.6 Å². The summed E-state index contributed by atoms with van der Waals surface area (Å²) in [5.41, 5.74) is -0.536. The van der Waals surface area contributed by atoms with Gasteiger partial charge in [0, 0.05) is 22.0 Å². The monoisotopic (exact) mass is 246 g/mol. The van der Waals surface area contributed by atoms with Crippen molar-refractivity contribution in [2.75, 3.05) is 0 Å². The van der Waals surface area contributed by atoms with Crippen LogP contribution in [0.1, 0.15) is 40.5 Å². The van der Waals surface area contributed by atoms with Crippen molar-refractivity contribution in [3.63, 3.8) is 0 Å². The molecule has 1 fully saturated rings. The number of hydrogen-bond acceptors (Lipinski definition) is 3. The number of aliphatic hydroxyl groups is 1. The van der Waals surface area contributed by atoms with E-state index in [0.717, 1.165) is 18.4 Å². The van der Waals surface area contributed by atoms with Crippen molar-refractivity contribution in [2.24, 2.45) is 10.8 Å². The van der Waals surface area contributed by atoms with Gasteiger partial charge in [0.15, 0.2) is 11.6 Å². The van der Waals surface area contributed by atoms with Gasteiger partial charge >= 0.3 is 0 Å². The zero-order chi connectivity index (χ0) is 13.5. The number of hydrogen-bond donors (Lipinski definition) is 1. The maximum Gasteiger partial charge on any atom is 0.195 e. The number of Topliss-reactive ketones (excluding diaryl/α,β-unsaturated/α-hetero) is 2. The summed E-state index contributed by atoms with van der Waals surface area (Å²) >= 11 is 0. The van der Waals surface area contributed by atoms with Gasteiger partial charge in [-0.15, -0.1) is 0 Å². The summed E-state index contributed by atoms with van der Waals surface area (Å²) in [5, 5.41) is 10.6. The first-order valence-corrected chi connectivity index (χ1v) is 6.42. The second kappa shape index (κ2) is 2.85. The molecule has 18 heavy (non-hydrogen) atoms. The maximum atomic E-state index is 12.5. The SMILES string of the molecule is CC1=C2C(=O)C(C)(C)C=C2C(=O)[C@](C)(O)C12CC2. The van der Waals surface area contributed by atoms with E-state index in [1.807, 2.05) is 20.8 Å². The van der Waals surface area contributed by atoms with Gasteiger partial charge in [-0.25, -0.2) is 0 Å². The van der Waals surface area contributed by atoms with E-state index >= 15 is 0 Å². The lowest BCUT2D eigenvalue weighted by Gasteiger charge is -2.38. The number of ketones is 2. The third-order valence-corrected chi connectivity index (χ3v) is 5.05. The Hall–Kier alpha value is -1.22. The molecule has 1 saturated carbocycles. The maximum absolute atomic E-state index is 12.5. The molecule has 3 rings (SSSR count). The van der Waals surface area contributed by atoms with Gasteiger partial charge in [-0.1, -0.05) is 11.6 Å². The highest BCUT2D eigenvalue weighted by molar-refractivity contribution is 6.22. The van der Waals surface area contributed by atoms with E-state index in [9.17, 15) is 14.7 Å². The molecule has 1 spiro atoms. The van der Waals surface area contributed by atoms with E-state index in [4.69, 9.17) is 0 Å². The van der Waals surface area contributed by atoms with Crippen LogP contribution < -0.4 is 0 Å². The van der Waals surface area contributed by atoms with Crippen molar-refractivity contribution in [1.29, 1.82) is 0 Å². The van der Waals surface area contributed by atoms with Crippen LogP contribution in [0.4, 0.5) is 0 Å². The minimum absolute atomic E-state index is 0.0186. The summed E-state index contributed by atoms with van der Waals surface area (Å²) in [6, 6.07) is 0. The number of allylic oxidation sites excluding steroid dienone is 2. The summed E-state index contributed by atoms with van der Waals surface area (Å²) in [4.78, 5) is 24.9. The molecule has 3 heteroatoms. The molecule has 0 aliphatic heterocycles. The molecule has 1 N–H and O–H groups in total. The lowest BCUT2D eigenvalue weighted by Crippen LogP contribution is -2.49. The minimum Gasteiger partial charge on any atom is -0.381 e. The van der Waals surface area contributed by atoms with Crippen LogP contribution in [0.15, 0.2) is 22.8 Å². The van der Waals surface area contributed by atoms with Gasteiger partial charge in [-0.3, -0.25) is 9.59 Å². The highest BCUT2D eigenvalue weighted by Gasteiger charge is 2.66. The molecule has 0 unspecified atom stereocenters. The van der Waals surface area contributed by atoms with Gasteiger partial charge in [-0.2, -0.15) is 0 Å². The first-order valence-electron chi connectivity index (χ1n) is 6.42. The molecule has 0 radical (unpaired) electrons. The normalized spacial score (nSPS) is 35.9. The van der Waals surface area contributed by atoms with E-state index in [1.165, 1.54) is 0 Å². The van der Waals surface area contributed by atoms with Gasteiger partial charge in [0.25, 0.3) is 0 Å². The second-order valence-corrected chi connectivity index (χ2v) is 6.59. The molecule has 3 aliphatic carbocycles. The summed E-state index contributed by atoms with van der Waals surface area (Å²) in [5.74, 6) is -0.260. The molecule has 96 valence electrons. The van der Waals surface area contributed by atoms with Crippen molar-refractivity contribution in [3.05, 3.63) is 22.8 Å². The second-order valence-electron chi connectivity index (χ2n) is 6.59. The van der Waals surface area contributed by atoms with E-state index in [1.54, 1.807) is 13.0 Å². The quantitative estimate of drug-likeness (QED) is 0.710. The van der Waals surface area contributed by atoms with Crippen LogP contribution in [0.25, 0.3) is 0 Å². The van der Waals surface area contributed by atoms with Crippen molar-refractivity contribution in [1.82, 2.24) is 0 Å². The molecule has 3 aliphatic rings. The first-order chi connectivity index (χ1) is 8.15. The van der Waals surface area contributed by atoms with E-state index in [0.29, 0.717) is 11.1 Å². The lowest BCUT2D eigenvalue weighted by atomic mass is 9.68. The Labute approximate surface area is 107 Å². The molecule has 0 aromatic carbocycles. The Morgan fingerprint density at radius 1 is 1.11 bits per heavy atom. The number of carbonyl (C=O) groups is 2. The Morgan fingerprint density at radius 3 is 2.17 bits per heavy atom. The Kier molecular flexibility index (Phi) is 1.88. The van der Waals surface area contributed by atoms with Crippen molar-refractivity contribution in [3.8, 4) is 0 Å². The Bertz CT molecular complexity index is 554. The van der Waals surface area contributed by atoms with Crippen LogP contribution in [-0.2, 0) is 9.59 Å². The molecule has 3 nitrogen and oxygen atoms in total. The summed E-state index contributed by atoms with van der Waals surface area (Å²) in [6.07, 6.45) is 3.31. The molecule has 0 saturated heterocycles. The van der Waals surface area contributed by atoms with Crippen molar-refractivity contribution < 1.29 is 14.7 Å². The minimum atomic E-state index is -1.35. The first kappa shape index (κ1) is 11.8. The predicted molar refractivity (Wildman–Crippen MR) is 66.9 cm³/mol. The van der Waals surface area contributed by atoms with Crippen LogP contribution in [0.2, 0.25) is 0 Å². The number of fused-ring (bicyclic) bond motifs is 1. The molecule has 0 amide bonds. The smallest absolute Gasteiger partial charge is 0.195 e. The van der Waals surface area contributed by atoms with Crippen LogP contribution in [-0.4, -0.2) is 22.3 Å². The Balaban J connectivity index is 2.31. The van der Waals surface area contributed by atoms with Crippen LogP contribution in [0.3, 0.4) is 0 Å². The molecular formula is C15H18O3. The van der Waals surface area contributed by atoms with E-state index < -0.39 is 16.4 Å². The van der Waals surface area contributed by atoms with Crippen LogP contribution in [0, 0.1) is 10.8 Å². The van der Waals surface area contributed by atoms with Gasteiger partial charge in [-0.05, 0) is 40.5 Å². The molecule has 0 heterocycles. The molecule has 0 bridgehead atoms. The van der Waals surface area contributed by atoms with Crippen molar-refractivity contribution in [2.45, 2.75) is 46.1 Å². The van der Waals surface area contributed by atoms with Crippen LogP contribution in [0.5, 0.6) is 0 Å². The molecule has 0 aromatic rings. The molecule has 1 atom stereocenters. The van der Waals surface area contributed by atoms with E-state index in [-0.39, 0.29) is 11.6 Å². The fourth-order valence-electron chi connectivity index (χ4n) is 3.57. The number of rotatable bonds is 0. The zero-order valence-electron chi connectivity index (χ0n) is 11.3. The largest absolute Gasteiger partial charge is 0.381 e. The highest BCUT2D eigenvalue weighted by atomic mass is 16.3. The summed E-state index contributed by atoms with van der Waals surface area (Å²) < 4.78 is 0. The summed E-state index contributed by atoms with van der Waals surface area (Å²) in [7, 11) is 0. The number of carbonyl (C=O) groups excluding carboxylic acids is 2. The summed E-state index contributed by atoms with van der Waals surface area (Å²) in [6.45, 7) is 7.14. The van der Waals surface area contributed by atoms with Gasteiger partial charge in [0.05, 0.1) is 0 Å². The fraction of sp³-hybridized carbons (Fsp3) is 0.600. The fourth-order valence-corrected chi connectivity index (χ4v) is 3.57. The molecular weight excluding hydrogens is 228 g/mol. The topological polar surface area (TPSA) is 54.4 Å². The average Bonchev–Trinajstić information content (AvgIpc) is 3.02. The highest BCUT2D eigenvalue weighted by Crippen LogP contribution is 2.64. The third-order valence-electron chi connectivity index (χ3n) is 5.05. The van der Waals surface area contributed by atoms with Gasteiger partial charge < -0.3 is 5.11 Å².